The number of nitrogens with zero attached hydrogens (tertiary/aromatic N) is 2. The number of nitrogens with one attached hydrogen (secondary N) is 2. The molecular weight excluding hydrogens is 324 g/mol. The Hall–Kier alpha value is -3.16. The van der Waals surface area contributed by atoms with Gasteiger partial charge in [0, 0.05) is 11.8 Å². The van der Waals surface area contributed by atoms with Gasteiger partial charge in [0.1, 0.15) is 5.69 Å². The predicted octanol–water partition coefficient (Wildman–Crippen LogP) is 3.55. The van der Waals surface area contributed by atoms with Gasteiger partial charge in [-0.1, -0.05) is 12.1 Å². The average molecular weight is 344 g/mol. The van der Waals surface area contributed by atoms with E-state index in [4.69, 9.17) is 4.74 Å². The summed E-state index contributed by atoms with van der Waals surface area (Å²) in [7, 11) is 0. The number of aromatic amines is 1. The maximum atomic E-state index is 12.0. The monoisotopic (exact) mass is 344 g/mol. The van der Waals surface area contributed by atoms with E-state index in [1.807, 2.05) is 0 Å². The van der Waals surface area contributed by atoms with Crippen LogP contribution in [0.2, 0.25) is 0 Å². The predicted molar refractivity (Wildman–Crippen MR) is 95.2 cm³/mol. The number of hydrazone groups is 1. The fourth-order valence-corrected chi connectivity index (χ4v) is 2.55. The van der Waals surface area contributed by atoms with Gasteiger partial charge in [-0.15, -0.1) is 0 Å². The Kier molecular flexibility index (Phi) is 5.53. The first kappa shape index (κ1) is 18.2. The molecule has 0 saturated carbocycles. The van der Waals surface area contributed by atoms with E-state index in [0.717, 1.165) is 5.56 Å². The number of H-pyrrole nitrogens is 1. The van der Waals surface area contributed by atoms with E-state index in [1.54, 1.807) is 45.9 Å². The Balaban J connectivity index is 2.31. The number of esters is 1. The Morgan fingerprint density at radius 1 is 1.36 bits per heavy atom. The highest BCUT2D eigenvalue weighted by Crippen LogP contribution is 2.24. The minimum Gasteiger partial charge on any atom is -0.462 e. The standard InChI is InChI=1S/C17H20N4O4/c1-5-25-17(22)15-10(2)16(18-11(15)3)12(4)19-20-13-8-6-7-9-14(13)21(23)24/h6-9,18,20H,5H2,1-4H3/b19-12+. The topological polar surface area (TPSA) is 110 Å². The number of para-hydroxylation sites is 2. The normalized spacial score (nSPS) is 11.3. The zero-order valence-electron chi connectivity index (χ0n) is 14.5. The molecule has 0 bridgehead atoms. The van der Waals surface area contributed by atoms with Gasteiger partial charge in [-0.05, 0) is 39.3 Å². The Morgan fingerprint density at radius 3 is 2.68 bits per heavy atom. The molecule has 0 radical (unpaired) electrons. The molecule has 0 aliphatic rings. The first-order valence-corrected chi connectivity index (χ1v) is 7.77. The molecule has 0 aliphatic heterocycles. The SMILES string of the molecule is CCOC(=O)c1c(C)[nH]c(/C(C)=N/Nc2ccccc2[N+](=O)[O-])c1C. The van der Waals surface area contributed by atoms with E-state index >= 15 is 0 Å². The summed E-state index contributed by atoms with van der Waals surface area (Å²) in [5.41, 5.74) is 6.07. The van der Waals surface area contributed by atoms with Gasteiger partial charge in [-0.2, -0.15) is 5.10 Å². The fraction of sp³-hybridized carbons (Fsp3) is 0.294. The lowest BCUT2D eigenvalue weighted by atomic mass is 10.1. The number of aromatic nitrogens is 1. The van der Waals surface area contributed by atoms with Crippen LogP contribution in [-0.2, 0) is 4.74 Å². The van der Waals surface area contributed by atoms with E-state index in [1.165, 1.54) is 6.07 Å². The van der Waals surface area contributed by atoms with Crippen molar-refractivity contribution in [3.05, 3.63) is 56.9 Å². The van der Waals surface area contributed by atoms with Gasteiger partial charge in [0.05, 0.1) is 28.5 Å². The number of benzene rings is 1. The van der Waals surface area contributed by atoms with Crippen molar-refractivity contribution < 1.29 is 14.5 Å². The maximum Gasteiger partial charge on any atom is 0.340 e. The maximum absolute atomic E-state index is 12.0. The van der Waals surface area contributed by atoms with Crippen LogP contribution in [-0.4, -0.2) is 28.2 Å². The third-order valence-electron chi connectivity index (χ3n) is 3.72. The van der Waals surface area contributed by atoms with Crippen LogP contribution in [0.4, 0.5) is 11.4 Å². The minimum atomic E-state index is -0.476. The van der Waals surface area contributed by atoms with E-state index < -0.39 is 4.92 Å². The number of carbonyl (C=O) groups excluding carboxylic acids is 1. The molecule has 8 nitrogen and oxygen atoms in total. The highest BCUT2D eigenvalue weighted by Gasteiger charge is 2.20. The zero-order chi connectivity index (χ0) is 18.6. The number of anilines is 1. The van der Waals surface area contributed by atoms with Crippen molar-refractivity contribution in [1.82, 2.24) is 4.98 Å². The van der Waals surface area contributed by atoms with Crippen molar-refractivity contribution in [3.8, 4) is 0 Å². The molecule has 0 atom stereocenters. The Morgan fingerprint density at radius 2 is 2.04 bits per heavy atom. The quantitative estimate of drug-likeness (QED) is 0.360. The van der Waals surface area contributed by atoms with Crippen LogP contribution >= 0.6 is 0 Å². The zero-order valence-corrected chi connectivity index (χ0v) is 14.5. The van der Waals surface area contributed by atoms with Crippen LogP contribution in [0.1, 0.15) is 41.2 Å². The smallest absolute Gasteiger partial charge is 0.340 e. The summed E-state index contributed by atoms with van der Waals surface area (Å²) in [5.74, 6) is -0.389. The molecule has 132 valence electrons. The molecule has 0 aliphatic carbocycles. The van der Waals surface area contributed by atoms with Gasteiger partial charge in [-0.3, -0.25) is 15.5 Å². The third kappa shape index (κ3) is 3.85. The van der Waals surface area contributed by atoms with Crippen LogP contribution in [0.5, 0.6) is 0 Å². The summed E-state index contributed by atoms with van der Waals surface area (Å²) in [5, 5.41) is 15.2. The van der Waals surface area contributed by atoms with Crippen LogP contribution in [0, 0.1) is 24.0 Å². The van der Waals surface area contributed by atoms with E-state index in [0.29, 0.717) is 35.0 Å². The van der Waals surface area contributed by atoms with Crippen molar-refractivity contribution in [3.63, 3.8) is 0 Å². The van der Waals surface area contributed by atoms with Gasteiger partial charge < -0.3 is 9.72 Å². The van der Waals surface area contributed by atoms with E-state index in [2.05, 4.69) is 15.5 Å². The summed E-state index contributed by atoms with van der Waals surface area (Å²) < 4.78 is 5.06. The number of aryl methyl sites for hydroxylation is 1. The van der Waals surface area contributed by atoms with Crippen LogP contribution in [0.15, 0.2) is 29.4 Å². The number of rotatable bonds is 6. The lowest BCUT2D eigenvalue weighted by Gasteiger charge is -2.05. The molecule has 25 heavy (non-hydrogen) atoms. The molecule has 8 heteroatoms. The van der Waals surface area contributed by atoms with Crippen LogP contribution in [0.3, 0.4) is 0 Å². The second-order valence-corrected chi connectivity index (χ2v) is 5.43. The van der Waals surface area contributed by atoms with Crippen molar-refractivity contribution >= 4 is 23.1 Å². The average Bonchev–Trinajstić information content (AvgIpc) is 2.87. The molecule has 0 saturated heterocycles. The number of carbonyl (C=O) groups is 1. The van der Waals surface area contributed by atoms with Crippen molar-refractivity contribution in [2.24, 2.45) is 5.10 Å². The van der Waals surface area contributed by atoms with Gasteiger partial charge in [0.2, 0.25) is 0 Å². The number of hydrogen-bond acceptors (Lipinski definition) is 6. The summed E-state index contributed by atoms with van der Waals surface area (Å²) in [4.78, 5) is 25.7. The number of ether oxygens (including phenoxy) is 1. The number of nitro groups is 1. The molecule has 1 heterocycles. The summed E-state index contributed by atoms with van der Waals surface area (Å²) in [6, 6.07) is 6.24. The van der Waals surface area contributed by atoms with Crippen LogP contribution in [0.25, 0.3) is 0 Å². The molecule has 0 amide bonds. The summed E-state index contributed by atoms with van der Waals surface area (Å²) >= 11 is 0. The lowest BCUT2D eigenvalue weighted by Crippen LogP contribution is -2.07. The molecular formula is C17H20N4O4. The second kappa shape index (κ2) is 7.61. The van der Waals surface area contributed by atoms with E-state index in [-0.39, 0.29) is 11.7 Å². The molecule has 1 aromatic carbocycles. The highest BCUT2D eigenvalue weighted by atomic mass is 16.6. The highest BCUT2D eigenvalue weighted by molar-refractivity contribution is 6.03. The van der Waals surface area contributed by atoms with Gasteiger partial charge in [0.15, 0.2) is 0 Å². The van der Waals surface area contributed by atoms with Gasteiger partial charge >= 0.3 is 5.97 Å². The summed E-state index contributed by atoms with van der Waals surface area (Å²) in [6.07, 6.45) is 0. The molecule has 2 rings (SSSR count). The van der Waals surface area contributed by atoms with Crippen LogP contribution < -0.4 is 5.43 Å². The van der Waals surface area contributed by atoms with Crippen molar-refractivity contribution in [2.75, 3.05) is 12.0 Å². The number of hydrogen-bond donors (Lipinski definition) is 2. The van der Waals surface area contributed by atoms with Gasteiger partial charge in [0.25, 0.3) is 5.69 Å². The Bertz CT molecular complexity index is 839. The second-order valence-electron chi connectivity index (χ2n) is 5.43. The summed E-state index contributed by atoms with van der Waals surface area (Å²) in [6.45, 7) is 7.37. The first-order chi connectivity index (χ1) is 11.9. The minimum absolute atomic E-state index is 0.0642. The molecule has 2 N–H and O–H groups in total. The van der Waals surface area contributed by atoms with Gasteiger partial charge in [-0.25, -0.2) is 4.79 Å². The van der Waals surface area contributed by atoms with E-state index in [9.17, 15) is 14.9 Å². The first-order valence-electron chi connectivity index (χ1n) is 7.77. The van der Waals surface area contributed by atoms with Crippen molar-refractivity contribution in [1.29, 1.82) is 0 Å². The molecule has 2 aromatic rings. The fourth-order valence-electron chi connectivity index (χ4n) is 2.55. The molecule has 0 fully saturated rings. The molecule has 0 unspecified atom stereocenters. The number of nitro benzene ring substituents is 1. The third-order valence-corrected chi connectivity index (χ3v) is 3.72. The molecule has 1 aromatic heterocycles. The van der Waals surface area contributed by atoms with Crippen molar-refractivity contribution in [2.45, 2.75) is 27.7 Å². The Labute approximate surface area is 145 Å². The largest absolute Gasteiger partial charge is 0.462 e. The molecule has 0 spiro atoms. The lowest BCUT2D eigenvalue weighted by molar-refractivity contribution is -0.384.